The molecule has 1 aromatic heterocycles. The molecule has 1 aromatic carbocycles. The Balaban J connectivity index is 1.17. The van der Waals surface area contributed by atoms with Crippen molar-refractivity contribution in [2.45, 2.75) is 35.7 Å². The highest BCUT2D eigenvalue weighted by Crippen LogP contribution is 2.50. The zero-order valence-corrected chi connectivity index (χ0v) is 33.1. The summed E-state index contributed by atoms with van der Waals surface area (Å²) in [5, 5.41) is 49.4. The van der Waals surface area contributed by atoms with Crippen LogP contribution in [0.15, 0.2) is 22.7 Å². The maximum atomic E-state index is 13.5. The van der Waals surface area contributed by atoms with Gasteiger partial charge < -0.3 is 56.4 Å². The largest absolute Gasteiger partial charge is 0.577 e. The minimum Gasteiger partial charge on any atom is -0.577 e. The number of anilines is 1. The number of nitrogen functional groups attached to an aromatic ring is 1. The summed E-state index contributed by atoms with van der Waals surface area (Å²) in [5.41, 5.74) is 2.96. The molecule has 5 rings (SSSR count). The number of aromatic hydroxyl groups is 2. The standard InChI is InChI=1S/C27H32ClN11O14S4/c1-26(2,22(45)46)53-34-15(12-9-54-24(29)32-12)19(43)33-16-20(44)37-10-27(23(47)48,55-21(16)37)38-7-8-39(56(38)50)36-57(51,52)35-25(49)31-6-5-30-18(42)11-3-4-13(40)17(41)14(11)28/h3-4,9,16,21,36,40-41H,5-8,10H2,1-2H3,(H2,29,32)(H,30,42)(H,33,43)(H,45,46)(H,47,48)(H2,31,35,49)/b34-15-/t16?,21-,27-,56?/m1/s1. The summed E-state index contributed by atoms with van der Waals surface area (Å²) in [5.74, 6) is -6.78. The third-order valence-corrected chi connectivity index (χ3v) is 13.5. The molecule has 57 heavy (non-hydrogen) atoms. The van der Waals surface area contributed by atoms with E-state index in [0.717, 1.165) is 32.7 Å². The summed E-state index contributed by atoms with van der Waals surface area (Å²) in [6.45, 7) is 0.588. The number of nitrogens with two attached hydrogens (primary N) is 1. The zero-order valence-electron chi connectivity index (χ0n) is 29.1. The highest BCUT2D eigenvalue weighted by Gasteiger charge is 2.69. The van der Waals surface area contributed by atoms with E-state index in [1.807, 2.05) is 4.83 Å². The van der Waals surface area contributed by atoms with E-state index in [1.165, 1.54) is 19.2 Å². The van der Waals surface area contributed by atoms with E-state index < -0.39 is 108 Å². The third kappa shape index (κ3) is 8.99. The Morgan fingerprint density at radius 2 is 1.86 bits per heavy atom. The van der Waals surface area contributed by atoms with Crippen LogP contribution >= 0.6 is 34.7 Å². The van der Waals surface area contributed by atoms with E-state index in [-0.39, 0.29) is 42.6 Å². The first-order chi connectivity index (χ1) is 26.6. The van der Waals surface area contributed by atoms with Crippen molar-refractivity contribution in [3.05, 3.63) is 33.8 Å². The molecule has 2 unspecified atom stereocenters. The van der Waals surface area contributed by atoms with Crippen molar-refractivity contribution in [2.24, 2.45) is 5.16 Å². The molecule has 0 aliphatic carbocycles. The fourth-order valence-electron chi connectivity index (χ4n) is 5.13. The molecule has 5 amide bonds. The van der Waals surface area contributed by atoms with Gasteiger partial charge in [-0.05, 0) is 30.4 Å². The maximum absolute atomic E-state index is 13.5. The van der Waals surface area contributed by atoms with Gasteiger partial charge in [0.25, 0.3) is 11.8 Å². The first-order valence-electron chi connectivity index (χ1n) is 15.9. The van der Waals surface area contributed by atoms with Crippen molar-refractivity contribution in [2.75, 3.05) is 38.5 Å². The average molecular weight is 898 g/mol. The Labute approximate surface area is 337 Å². The predicted molar refractivity (Wildman–Crippen MR) is 199 cm³/mol. The number of thiazole rings is 1. The lowest BCUT2D eigenvalue weighted by molar-refractivity contribution is -0.161. The van der Waals surface area contributed by atoms with Gasteiger partial charge in [0.15, 0.2) is 33.9 Å². The minimum absolute atomic E-state index is 0.0288. The summed E-state index contributed by atoms with van der Waals surface area (Å²) in [4.78, 5) is 85.3. The van der Waals surface area contributed by atoms with Gasteiger partial charge in [-0.25, -0.2) is 24.1 Å². The molecule has 2 aromatic rings. The Hall–Kier alpha value is -4.88. The van der Waals surface area contributed by atoms with Gasteiger partial charge in [0, 0.05) is 18.5 Å². The van der Waals surface area contributed by atoms with Gasteiger partial charge in [-0.2, -0.15) is 8.42 Å². The van der Waals surface area contributed by atoms with Gasteiger partial charge in [-0.3, -0.25) is 14.4 Å². The van der Waals surface area contributed by atoms with Crippen LogP contribution in [-0.4, -0.2) is 148 Å². The van der Waals surface area contributed by atoms with Crippen molar-refractivity contribution >= 4 is 103 Å². The van der Waals surface area contributed by atoms with Crippen LogP contribution in [0.4, 0.5) is 9.93 Å². The smallest absolute Gasteiger partial charge is 0.350 e. The Morgan fingerprint density at radius 1 is 1.18 bits per heavy atom. The van der Waals surface area contributed by atoms with E-state index in [1.54, 1.807) is 4.72 Å². The second-order valence-corrected chi connectivity index (χ2v) is 17.8. The highest BCUT2D eigenvalue weighted by molar-refractivity contribution is 8.03. The lowest BCUT2D eigenvalue weighted by atomic mass is 10.1. The number of hydrogen-bond donors (Lipinski definition) is 10. The summed E-state index contributed by atoms with van der Waals surface area (Å²) >= 11 is 4.87. The molecule has 0 radical (unpaired) electrons. The number of phenolic OH excluding ortho intramolecular Hbond substituents is 2. The molecule has 25 nitrogen and oxygen atoms in total. The molecule has 11 N–H and O–H groups in total. The van der Waals surface area contributed by atoms with Crippen LogP contribution in [0.25, 0.3) is 0 Å². The number of hydrogen-bond acceptors (Lipinski definition) is 19. The number of aromatic nitrogens is 1. The molecule has 4 heterocycles. The van der Waals surface area contributed by atoms with E-state index in [4.69, 9.17) is 22.2 Å². The van der Waals surface area contributed by atoms with Gasteiger partial charge >= 0.3 is 28.2 Å². The monoisotopic (exact) mass is 897 g/mol. The second kappa shape index (κ2) is 16.5. The van der Waals surface area contributed by atoms with Crippen LogP contribution < -0.4 is 31.2 Å². The van der Waals surface area contributed by atoms with E-state index in [2.05, 4.69) is 26.1 Å². The van der Waals surface area contributed by atoms with E-state index >= 15 is 0 Å². The Morgan fingerprint density at radius 3 is 2.49 bits per heavy atom. The number of rotatable bonds is 15. The van der Waals surface area contributed by atoms with Gasteiger partial charge in [-0.15, -0.1) is 11.3 Å². The molecule has 0 saturated carbocycles. The predicted octanol–water partition coefficient (Wildman–Crippen LogP) is -2.77. The number of halogens is 1. The number of urea groups is 1. The summed E-state index contributed by atoms with van der Waals surface area (Å²) < 4.78 is 42.1. The van der Waals surface area contributed by atoms with Gasteiger partial charge in [0.2, 0.25) is 16.4 Å². The molecule has 0 spiro atoms. The number of amides is 5. The number of carboxylic acid groups (broad SMARTS) is 2. The first kappa shape index (κ1) is 43.2. The van der Waals surface area contributed by atoms with Crippen LogP contribution in [0.2, 0.25) is 5.02 Å². The SMILES string of the molecule is CC(C)(O/N=C(\C(=O)NC1C(=O)N2C[C@@](C(=O)O)(N3CCN(NS(=O)(=O)NC(=O)NCCNC(=O)c4ccc(O)c(O)c4Cl)[S+]3[O-])S[C@H]12)c1csc(N)n1)C(=O)O. The fourth-order valence-corrected chi connectivity index (χ4v) is 10.2. The number of fused-ring (bicyclic) bond motifs is 1. The number of thioether (sulfide) groups is 1. The van der Waals surface area contributed by atoms with E-state index in [9.17, 15) is 62.2 Å². The normalized spacial score (nSPS) is 22.7. The van der Waals surface area contributed by atoms with Crippen molar-refractivity contribution in [1.82, 2.24) is 44.1 Å². The number of β-lactam (4-membered cyclic amide) rings is 1. The quantitative estimate of drug-likeness (QED) is 0.0216. The summed E-state index contributed by atoms with van der Waals surface area (Å²) in [6, 6.07) is -0.454. The van der Waals surface area contributed by atoms with Crippen molar-refractivity contribution in [3.63, 3.8) is 0 Å². The van der Waals surface area contributed by atoms with Gasteiger partial charge in [0.05, 0.1) is 30.2 Å². The molecule has 4 atom stereocenters. The van der Waals surface area contributed by atoms with Crippen LogP contribution in [0, 0.1) is 0 Å². The summed E-state index contributed by atoms with van der Waals surface area (Å²) in [6.07, 6.45) is 0. The first-order valence-corrected chi connectivity index (χ1v) is 20.5. The summed E-state index contributed by atoms with van der Waals surface area (Å²) in [7, 11) is -4.78. The fraction of sp³-hybridized carbons (Fsp3) is 0.407. The number of benzene rings is 1. The number of carbonyl (C=O) groups excluding carboxylic acids is 4. The molecular formula is C27H32ClN11O14S4. The topological polar surface area (TPSA) is 371 Å². The number of aliphatic carboxylic acids is 2. The highest BCUT2D eigenvalue weighted by atomic mass is 35.5. The van der Waals surface area contributed by atoms with Crippen molar-refractivity contribution in [1.29, 1.82) is 0 Å². The molecule has 310 valence electrons. The Bertz CT molecular complexity index is 2140. The van der Waals surface area contributed by atoms with Gasteiger partial charge in [-0.1, -0.05) is 37.7 Å². The molecule has 3 fully saturated rings. The lowest BCUT2D eigenvalue weighted by Crippen LogP contribution is -2.68. The molecule has 3 aliphatic heterocycles. The van der Waals surface area contributed by atoms with Crippen molar-refractivity contribution in [3.8, 4) is 11.5 Å². The zero-order chi connectivity index (χ0) is 42.2. The van der Waals surface area contributed by atoms with Crippen LogP contribution in [0.3, 0.4) is 0 Å². The van der Waals surface area contributed by atoms with Gasteiger partial charge in [0.1, 0.15) is 17.1 Å². The number of hydrazine groups is 1. The minimum atomic E-state index is -4.78. The molecule has 3 saturated heterocycles. The molecule has 0 bridgehead atoms. The lowest BCUT2D eigenvalue weighted by Gasteiger charge is -2.41. The van der Waals surface area contributed by atoms with Crippen LogP contribution in [-0.2, 0) is 45.8 Å². The Kier molecular flexibility index (Phi) is 12.5. The molecule has 3 aliphatic rings. The maximum Gasteiger partial charge on any atom is 0.350 e. The van der Waals surface area contributed by atoms with E-state index in [0.29, 0.717) is 16.2 Å². The molecule has 30 heteroatoms. The number of nitrogens with one attached hydrogen (secondary N) is 5. The number of carboxylic acids is 2. The number of oxime groups is 1. The van der Waals surface area contributed by atoms with Crippen molar-refractivity contribution < 1.29 is 67.0 Å². The average Bonchev–Trinajstić information content (AvgIpc) is 3.83. The third-order valence-electron chi connectivity index (χ3n) is 8.09. The number of nitrogens with zero attached hydrogens (tertiary/aromatic N) is 5. The number of carbonyl (C=O) groups is 6. The van der Waals surface area contributed by atoms with Crippen LogP contribution in [0.1, 0.15) is 29.9 Å². The molecular weight excluding hydrogens is 866 g/mol. The van der Waals surface area contributed by atoms with Crippen LogP contribution in [0.5, 0.6) is 11.5 Å². The number of phenols is 2. The second-order valence-electron chi connectivity index (χ2n) is 12.4.